The maximum atomic E-state index is 12.3. The molecule has 0 fully saturated rings. The lowest BCUT2D eigenvalue weighted by Crippen LogP contribution is -2.43. The molecule has 0 radical (unpaired) electrons. The number of hydrazine groups is 1. The van der Waals surface area contributed by atoms with Gasteiger partial charge in [-0.1, -0.05) is 6.07 Å². The Bertz CT molecular complexity index is 846. The molecule has 0 atom stereocenters. The molecular formula is C19H21BrN2O6. The van der Waals surface area contributed by atoms with E-state index in [1.807, 2.05) is 19.1 Å². The summed E-state index contributed by atoms with van der Waals surface area (Å²) in [7, 11) is 4.36. The number of hydrogen-bond acceptors (Lipinski definition) is 6. The number of rotatable bonds is 7. The summed E-state index contributed by atoms with van der Waals surface area (Å²) in [4.78, 5) is 24.3. The predicted molar refractivity (Wildman–Crippen MR) is 106 cm³/mol. The minimum Gasteiger partial charge on any atom is -0.493 e. The second-order valence-corrected chi connectivity index (χ2v) is 6.49. The molecule has 0 saturated heterocycles. The molecule has 2 amide bonds. The summed E-state index contributed by atoms with van der Waals surface area (Å²) in [5, 5.41) is 0. The number of methoxy groups -OCH3 is 3. The molecule has 0 aliphatic heterocycles. The topological polar surface area (TPSA) is 95.1 Å². The van der Waals surface area contributed by atoms with Crippen LogP contribution in [0.25, 0.3) is 0 Å². The Morgan fingerprint density at radius 1 is 0.929 bits per heavy atom. The van der Waals surface area contributed by atoms with Crippen LogP contribution in [0.1, 0.15) is 15.9 Å². The highest BCUT2D eigenvalue weighted by molar-refractivity contribution is 9.10. The number of carbonyl (C=O) groups is 2. The smallest absolute Gasteiger partial charge is 0.276 e. The van der Waals surface area contributed by atoms with Crippen molar-refractivity contribution in [1.82, 2.24) is 10.9 Å². The molecule has 0 aliphatic carbocycles. The standard InChI is InChI=1S/C19H21BrN2O6/c1-11-5-6-14(13(20)7-11)28-10-17(23)21-22-19(24)12-8-15(25-2)18(27-4)16(9-12)26-3/h5-9H,10H2,1-4H3,(H,21,23)(H,22,24). The van der Waals surface area contributed by atoms with Gasteiger partial charge in [0.05, 0.1) is 25.8 Å². The lowest BCUT2D eigenvalue weighted by molar-refractivity contribution is -0.123. The molecular weight excluding hydrogens is 432 g/mol. The molecule has 0 bridgehead atoms. The fourth-order valence-electron chi connectivity index (χ4n) is 2.31. The number of aryl methyl sites for hydroxylation is 1. The number of nitrogens with one attached hydrogen (secondary N) is 2. The number of carbonyl (C=O) groups excluding carboxylic acids is 2. The first-order chi connectivity index (χ1) is 13.4. The molecule has 2 aromatic rings. The van der Waals surface area contributed by atoms with E-state index in [2.05, 4.69) is 26.8 Å². The molecule has 2 aromatic carbocycles. The lowest BCUT2D eigenvalue weighted by Gasteiger charge is -2.14. The van der Waals surface area contributed by atoms with E-state index in [-0.39, 0.29) is 12.2 Å². The van der Waals surface area contributed by atoms with Gasteiger partial charge in [0, 0.05) is 5.56 Å². The van der Waals surface area contributed by atoms with Crippen LogP contribution in [0, 0.1) is 6.92 Å². The molecule has 2 N–H and O–H groups in total. The molecule has 2 rings (SSSR count). The third-order valence-corrected chi connectivity index (χ3v) is 4.31. The first-order valence-corrected chi connectivity index (χ1v) is 8.97. The zero-order valence-corrected chi connectivity index (χ0v) is 17.5. The molecule has 0 aliphatic rings. The van der Waals surface area contributed by atoms with Crippen molar-refractivity contribution in [2.45, 2.75) is 6.92 Å². The third kappa shape index (κ3) is 5.29. The Morgan fingerprint density at radius 2 is 1.57 bits per heavy atom. The molecule has 0 saturated carbocycles. The van der Waals surface area contributed by atoms with Gasteiger partial charge in [-0.25, -0.2) is 0 Å². The number of benzene rings is 2. The van der Waals surface area contributed by atoms with E-state index in [9.17, 15) is 9.59 Å². The normalized spacial score (nSPS) is 10.0. The van der Waals surface area contributed by atoms with Gasteiger partial charge in [-0.15, -0.1) is 0 Å². The Hall–Kier alpha value is -2.94. The summed E-state index contributed by atoms with van der Waals surface area (Å²) in [5.41, 5.74) is 5.89. The van der Waals surface area contributed by atoms with Crippen LogP contribution in [0.4, 0.5) is 0 Å². The van der Waals surface area contributed by atoms with Crippen molar-refractivity contribution in [3.63, 3.8) is 0 Å². The fraction of sp³-hybridized carbons (Fsp3) is 0.263. The van der Waals surface area contributed by atoms with Gasteiger partial charge in [-0.05, 0) is 52.7 Å². The molecule has 28 heavy (non-hydrogen) atoms. The number of amides is 2. The van der Waals surface area contributed by atoms with Crippen LogP contribution in [0.3, 0.4) is 0 Å². The maximum Gasteiger partial charge on any atom is 0.276 e. The number of halogens is 1. The summed E-state index contributed by atoms with van der Waals surface area (Å²) in [6, 6.07) is 8.44. The maximum absolute atomic E-state index is 12.3. The van der Waals surface area contributed by atoms with E-state index in [1.54, 1.807) is 6.07 Å². The molecule has 0 heterocycles. The summed E-state index contributed by atoms with van der Waals surface area (Å²) in [5.74, 6) is 0.466. The monoisotopic (exact) mass is 452 g/mol. The van der Waals surface area contributed by atoms with Gasteiger partial charge < -0.3 is 18.9 Å². The van der Waals surface area contributed by atoms with Crippen LogP contribution in [0.15, 0.2) is 34.8 Å². The second-order valence-electron chi connectivity index (χ2n) is 5.64. The average Bonchev–Trinajstić information content (AvgIpc) is 2.69. The summed E-state index contributed by atoms with van der Waals surface area (Å²) in [6.07, 6.45) is 0. The van der Waals surface area contributed by atoms with E-state index in [0.29, 0.717) is 23.0 Å². The summed E-state index contributed by atoms with van der Waals surface area (Å²) < 4.78 is 21.8. The highest BCUT2D eigenvalue weighted by Crippen LogP contribution is 2.38. The van der Waals surface area contributed by atoms with Gasteiger partial charge >= 0.3 is 0 Å². The van der Waals surface area contributed by atoms with E-state index in [4.69, 9.17) is 18.9 Å². The minimum atomic E-state index is -0.552. The van der Waals surface area contributed by atoms with Crippen LogP contribution >= 0.6 is 15.9 Å². The highest BCUT2D eigenvalue weighted by atomic mass is 79.9. The van der Waals surface area contributed by atoms with Gasteiger partial charge in [0.25, 0.3) is 11.8 Å². The number of hydrogen-bond donors (Lipinski definition) is 2. The molecule has 0 aromatic heterocycles. The van der Waals surface area contributed by atoms with E-state index < -0.39 is 11.8 Å². The van der Waals surface area contributed by atoms with Crippen molar-refractivity contribution < 1.29 is 28.5 Å². The third-order valence-electron chi connectivity index (χ3n) is 3.69. The van der Waals surface area contributed by atoms with Crippen LogP contribution in [0.2, 0.25) is 0 Å². The first-order valence-electron chi connectivity index (χ1n) is 8.17. The molecule has 8 nitrogen and oxygen atoms in total. The zero-order chi connectivity index (χ0) is 20.7. The van der Waals surface area contributed by atoms with Crippen LogP contribution < -0.4 is 29.8 Å². The highest BCUT2D eigenvalue weighted by Gasteiger charge is 2.17. The Kier molecular flexibility index (Phi) is 7.51. The first kappa shape index (κ1) is 21.4. The minimum absolute atomic E-state index is 0.219. The summed E-state index contributed by atoms with van der Waals surface area (Å²) in [6.45, 7) is 1.68. The van der Waals surface area contributed by atoms with Crippen molar-refractivity contribution in [3.05, 3.63) is 45.9 Å². The second kappa shape index (κ2) is 9.84. The zero-order valence-electron chi connectivity index (χ0n) is 15.9. The van der Waals surface area contributed by atoms with Crippen LogP contribution in [-0.2, 0) is 4.79 Å². The lowest BCUT2D eigenvalue weighted by atomic mass is 10.1. The Morgan fingerprint density at radius 3 is 2.11 bits per heavy atom. The Balaban J connectivity index is 1.96. The molecule has 9 heteroatoms. The van der Waals surface area contributed by atoms with Gasteiger partial charge in [-0.2, -0.15) is 0 Å². The van der Waals surface area contributed by atoms with Gasteiger partial charge in [0.1, 0.15) is 5.75 Å². The fourth-order valence-corrected chi connectivity index (χ4v) is 2.92. The van der Waals surface area contributed by atoms with Crippen molar-refractivity contribution >= 4 is 27.7 Å². The van der Waals surface area contributed by atoms with Crippen LogP contribution in [-0.4, -0.2) is 39.8 Å². The number of ether oxygens (including phenoxy) is 4. The molecule has 0 spiro atoms. The average molecular weight is 453 g/mol. The quantitative estimate of drug-likeness (QED) is 0.626. The summed E-state index contributed by atoms with van der Waals surface area (Å²) >= 11 is 3.37. The van der Waals surface area contributed by atoms with Crippen molar-refractivity contribution in [2.75, 3.05) is 27.9 Å². The van der Waals surface area contributed by atoms with Gasteiger partial charge in [0.15, 0.2) is 18.1 Å². The van der Waals surface area contributed by atoms with Gasteiger partial charge in [-0.3, -0.25) is 20.4 Å². The van der Waals surface area contributed by atoms with E-state index in [0.717, 1.165) is 10.0 Å². The molecule has 150 valence electrons. The van der Waals surface area contributed by atoms with E-state index >= 15 is 0 Å². The Labute approximate surface area is 171 Å². The predicted octanol–water partition coefficient (Wildman–Crippen LogP) is 2.62. The van der Waals surface area contributed by atoms with Gasteiger partial charge in [0.2, 0.25) is 5.75 Å². The van der Waals surface area contributed by atoms with E-state index in [1.165, 1.54) is 33.5 Å². The van der Waals surface area contributed by atoms with Crippen molar-refractivity contribution in [1.29, 1.82) is 0 Å². The van der Waals surface area contributed by atoms with Crippen molar-refractivity contribution in [3.8, 4) is 23.0 Å². The van der Waals surface area contributed by atoms with Crippen molar-refractivity contribution in [2.24, 2.45) is 0 Å². The van der Waals surface area contributed by atoms with Crippen LogP contribution in [0.5, 0.6) is 23.0 Å². The molecule has 0 unspecified atom stereocenters. The SMILES string of the molecule is COc1cc(C(=O)NNC(=O)COc2ccc(C)cc2Br)cc(OC)c1OC. The largest absolute Gasteiger partial charge is 0.493 e.